The van der Waals surface area contributed by atoms with Crippen molar-refractivity contribution >= 4 is 5.91 Å². The van der Waals surface area contributed by atoms with Crippen molar-refractivity contribution < 1.29 is 26.7 Å². The number of alkyl halides is 2. The van der Waals surface area contributed by atoms with E-state index in [0.29, 0.717) is 38.0 Å². The highest BCUT2D eigenvalue weighted by atomic mass is 19.3. The van der Waals surface area contributed by atoms with E-state index in [0.717, 1.165) is 25.2 Å². The van der Waals surface area contributed by atoms with Crippen molar-refractivity contribution in [1.29, 1.82) is 0 Å². The Hall–Kier alpha value is -2.52. The number of nitrogens with zero attached hydrogens (tertiary/aromatic N) is 2. The Kier molecular flexibility index (Phi) is 8.05. The number of benzene rings is 2. The molecule has 5 rings (SSSR count). The molecule has 0 radical (unpaired) electrons. The molecule has 0 spiro atoms. The van der Waals surface area contributed by atoms with Gasteiger partial charge in [-0.1, -0.05) is 31.0 Å². The fraction of sp³-hybridized carbons (Fsp3) is 0.552. The summed E-state index contributed by atoms with van der Waals surface area (Å²) in [5.41, 5.74) is -0.0851. The lowest BCUT2D eigenvalue weighted by Crippen LogP contribution is -2.64. The van der Waals surface area contributed by atoms with Crippen molar-refractivity contribution in [2.75, 3.05) is 26.2 Å². The summed E-state index contributed by atoms with van der Waals surface area (Å²) in [5.74, 6) is -6.27. The fourth-order valence-corrected chi connectivity index (χ4v) is 6.50. The molecule has 1 saturated heterocycles. The largest absolute Gasteiger partial charge is 0.345 e. The molecule has 3 aliphatic rings. The summed E-state index contributed by atoms with van der Waals surface area (Å²) in [6.07, 6.45) is 5.09. The van der Waals surface area contributed by atoms with E-state index in [-0.39, 0.29) is 23.1 Å². The van der Waals surface area contributed by atoms with Crippen LogP contribution >= 0.6 is 0 Å². The smallest absolute Gasteiger partial charge is 0.269 e. The summed E-state index contributed by atoms with van der Waals surface area (Å²) in [5, 5.41) is 2.55. The summed E-state index contributed by atoms with van der Waals surface area (Å²) in [4.78, 5) is 17.5. The second-order valence-corrected chi connectivity index (χ2v) is 10.9. The monoisotopic (exact) mass is 535 g/mol. The number of halogens is 5. The lowest BCUT2D eigenvalue weighted by atomic mass is 9.85. The summed E-state index contributed by atoms with van der Waals surface area (Å²) >= 11 is 0. The first kappa shape index (κ1) is 27.1. The minimum Gasteiger partial charge on any atom is -0.345 e. The summed E-state index contributed by atoms with van der Waals surface area (Å²) in [6.45, 7) is 3.05. The molecule has 3 fully saturated rings. The van der Waals surface area contributed by atoms with Crippen LogP contribution in [0.4, 0.5) is 22.0 Å². The van der Waals surface area contributed by atoms with Gasteiger partial charge >= 0.3 is 0 Å². The molecule has 2 aromatic rings. The van der Waals surface area contributed by atoms with E-state index < -0.39 is 47.8 Å². The highest BCUT2D eigenvalue weighted by Gasteiger charge is 2.50. The molecule has 1 N–H and O–H groups in total. The van der Waals surface area contributed by atoms with Crippen LogP contribution in [0.3, 0.4) is 0 Å². The third-order valence-corrected chi connectivity index (χ3v) is 8.43. The Balaban J connectivity index is 1.28. The van der Waals surface area contributed by atoms with Gasteiger partial charge in [0, 0.05) is 56.3 Å². The molecule has 0 bridgehead atoms. The number of hydrogen-bond donors (Lipinski definition) is 1. The molecule has 2 atom stereocenters. The van der Waals surface area contributed by atoms with E-state index in [1.165, 1.54) is 43.9 Å². The zero-order chi connectivity index (χ0) is 26.9. The van der Waals surface area contributed by atoms with Crippen molar-refractivity contribution in [2.45, 2.75) is 75.4 Å². The SMILES string of the molecule is O=C(Cc1cccc(-c2cc(F)cc(F)c2)c1F)N[C@@H]1[C@@H](N2CCN(C3CCCC3)CC2)CCCC1(F)F. The van der Waals surface area contributed by atoms with Crippen LogP contribution in [0.1, 0.15) is 50.5 Å². The maximum atomic E-state index is 15.3. The first-order valence-corrected chi connectivity index (χ1v) is 13.6. The summed E-state index contributed by atoms with van der Waals surface area (Å²) in [7, 11) is 0. The Morgan fingerprint density at radius 1 is 0.895 bits per heavy atom. The molecule has 1 aliphatic heterocycles. The van der Waals surface area contributed by atoms with Gasteiger partial charge in [-0.05, 0) is 48.9 Å². The molecule has 206 valence electrons. The lowest BCUT2D eigenvalue weighted by Gasteiger charge is -2.47. The minimum absolute atomic E-state index is 0.00196. The van der Waals surface area contributed by atoms with Crippen molar-refractivity contribution in [3.05, 3.63) is 59.4 Å². The van der Waals surface area contributed by atoms with Gasteiger partial charge in [-0.25, -0.2) is 22.0 Å². The molecule has 0 aromatic heterocycles. The van der Waals surface area contributed by atoms with E-state index >= 15 is 13.2 Å². The predicted molar refractivity (Wildman–Crippen MR) is 135 cm³/mol. The van der Waals surface area contributed by atoms with Crippen LogP contribution in [0, 0.1) is 17.5 Å². The normalized spacial score (nSPS) is 25.0. The van der Waals surface area contributed by atoms with Gasteiger partial charge in [-0.15, -0.1) is 0 Å². The van der Waals surface area contributed by atoms with Crippen molar-refractivity contribution in [1.82, 2.24) is 15.1 Å². The second-order valence-electron chi connectivity index (χ2n) is 10.9. The molecule has 38 heavy (non-hydrogen) atoms. The number of amides is 1. The van der Waals surface area contributed by atoms with Crippen LogP contribution in [-0.2, 0) is 11.2 Å². The Morgan fingerprint density at radius 3 is 2.24 bits per heavy atom. The highest BCUT2D eigenvalue weighted by Crippen LogP contribution is 2.37. The zero-order valence-electron chi connectivity index (χ0n) is 21.4. The quantitative estimate of drug-likeness (QED) is 0.493. The van der Waals surface area contributed by atoms with Gasteiger partial charge in [-0.2, -0.15) is 0 Å². The van der Waals surface area contributed by atoms with Crippen LogP contribution in [0.5, 0.6) is 0 Å². The van der Waals surface area contributed by atoms with Crippen LogP contribution in [0.25, 0.3) is 11.1 Å². The molecular weight excluding hydrogens is 501 g/mol. The standard InChI is InChI=1S/C29H34F5N3O/c30-21-15-20(16-22(31)18-21)24-8-3-5-19(27(24)32)17-26(38)35-28-25(9-4-10-29(28,33)34)37-13-11-36(12-14-37)23-6-1-2-7-23/h3,5,8,15-16,18,23,25,28H,1-2,4,6-7,9-14,17H2,(H,35,38)/t25-,28+/m0/s1. The molecule has 2 saturated carbocycles. The van der Waals surface area contributed by atoms with Crippen molar-refractivity contribution in [3.63, 3.8) is 0 Å². The maximum absolute atomic E-state index is 15.3. The van der Waals surface area contributed by atoms with Crippen molar-refractivity contribution in [3.8, 4) is 11.1 Å². The van der Waals surface area contributed by atoms with E-state index in [1.54, 1.807) is 0 Å². The van der Waals surface area contributed by atoms with Crippen LogP contribution in [-0.4, -0.2) is 65.9 Å². The first-order chi connectivity index (χ1) is 18.2. The van der Waals surface area contributed by atoms with Gasteiger partial charge in [-0.3, -0.25) is 14.6 Å². The minimum atomic E-state index is -3.07. The Morgan fingerprint density at radius 2 is 1.55 bits per heavy atom. The fourth-order valence-electron chi connectivity index (χ4n) is 6.50. The third kappa shape index (κ3) is 5.88. The Labute approximate surface area is 220 Å². The first-order valence-electron chi connectivity index (χ1n) is 13.6. The molecule has 1 amide bonds. The lowest BCUT2D eigenvalue weighted by molar-refractivity contribution is -0.133. The van der Waals surface area contributed by atoms with E-state index in [2.05, 4.69) is 15.1 Å². The maximum Gasteiger partial charge on any atom is 0.269 e. The van der Waals surface area contributed by atoms with E-state index in [9.17, 15) is 13.6 Å². The van der Waals surface area contributed by atoms with Crippen LogP contribution in [0.15, 0.2) is 36.4 Å². The number of nitrogens with one attached hydrogen (secondary N) is 1. The van der Waals surface area contributed by atoms with Gasteiger partial charge in [0.05, 0.1) is 6.42 Å². The number of piperazine rings is 1. The molecule has 2 aliphatic carbocycles. The Bertz CT molecular complexity index is 1120. The van der Waals surface area contributed by atoms with Gasteiger partial charge in [0.1, 0.15) is 23.5 Å². The molecule has 1 heterocycles. The number of hydrogen-bond acceptors (Lipinski definition) is 3. The molecule has 0 unspecified atom stereocenters. The second kappa shape index (κ2) is 11.3. The average molecular weight is 536 g/mol. The van der Waals surface area contributed by atoms with Crippen LogP contribution in [0.2, 0.25) is 0 Å². The summed E-state index contributed by atoms with van der Waals surface area (Å²) in [6, 6.07) is 5.67. The predicted octanol–water partition coefficient (Wildman–Crippen LogP) is 5.55. The van der Waals surface area contributed by atoms with Gasteiger partial charge in [0.15, 0.2) is 0 Å². The van der Waals surface area contributed by atoms with Crippen molar-refractivity contribution in [2.24, 2.45) is 0 Å². The third-order valence-electron chi connectivity index (χ3n) is 8.43. The van der Waals surface area contributed by atoms with Gasteiger partial charge in [0.25, 0.3) is 5.92 Å². The summed E-state index contributed by atoms with van der Waals surface area (Å²) < 4.78 is 72.9. The zero-order valence-corrected chi connectivity index (χ0v) is 21.4. The number of carbonyl (C=O) groups excluding carboxylic acids is 1. The molecule has 9 heteroatoms. The van der Waals surface area contributed by atoms with Gasteiger partial charge < -0.3 is 5.32 Å². The number of carbonyl (C=O) groups is 1. The highest BCUT2D eigenvalue weighted by molar-refractivity contribution is 5.80. The topological polar surface area (TPSA) is 35.6 Å². The van der Waals surface area contributed by atoms with Gasteiger partial charge in [0.2, 0.25) is 5.91 Å². The van der Waals surface area contributed by atoms with E-state index in [4.69, 9.17) is 0 Å². The molecular formula is C29H34F5N3O. The van der Waals surface area contributed by atoms with E-state index in [1.807, 2.05) is 0 Å². The number of rotatable bonds is 6. The van der Waals surface area contributed by atoms with Crippen LogP contribution < -0.4 is 5.32 Å². The molecule has 4 nitrogen and oxygen atoms in total. The average Bonchev–Trinajstić information content (AvgIpc) is 3.41. The molecule has 2 aromatic carbocycles.